The highest BCUT2D eigenvalue weighted by molar-refractivity contribution is 5.95. The van der Waals surface area contributed by atoms with Gasteiger partial charge in [0.25, 0.3) is 5.91 Å². The van der Waals surface area contributed by atoms with Crippen LogP contribution in [0.2, 0.25) is 0 Å². The molecule has 2 aliphatic rings. The van der Waals surface area contributed by atoms with Gasteiger partial charge in [-0.05, 0) is 42.9 Å². The molecule has 0 aromatic heterocycles. The molecule has 0 radical (unpaired) electrons. The summed E-state index contributed by atoms with van der Waals surface area (Å²) in [4.78, 5) is 27.8. The average Bonchev–Trinajstić information content (AvgIpc) is 2.61. The van der Waals surface area contributed by atoms with E-state index in [9.17, 15) is 19.1 Å². The molecule has 142 valence electrons. The molecule has 2 amide bonds. The number of β-amino-alcohol motifs (C(OH)–C–C–N with tert-alkyl or cyclic N) is 1. The summed E-state index contributed by atoms with van der Waals surface area (Å²) >= 11 is 0. The van der Waals surface area contributed by atoms with Crippen molar-refractivity contribution in [1.29, 1.82) is 0 Å². The lowest BCUT2D eigenvalue weighted by Gasteiger charge is -2.49. The van der Waals surface area contributed by atoms with Gasteiger partial charge in [0.15, 0.2) is 0 Å². The maximum absolute atomic E-state index is 14.1. The second-order valence-corrected chi connectivity index (χ2v) is 7.40. The number of piperidine rings is 2. The van der Waals surface area contributed by atoms with E-state index in [0.29, 0.717) is 51.2 Å². The topological polar surface area (TPSA) is 70.1 Å². The summed E-state index contributed by atoms with van der Waals surface area (Å²) in [7, 11) is 1.47. The second-order valence-electron chi connectivity index (χ2n) is 7.40. The van der Waals surface area contributed by atoms with E-state index in [0.717, 1.165) is 0 Å². The van der Waals surface area contributed by atoms with Crippen molar-refractivity contribution < 1.29 is 23.8 Å². The lowest BCUT2D eigenvalue weighted by molar-refractivity contribution is -0.137. The van der Waals surface area contributed by atoms with Crippen molar-refractivity contribution >= 4 is 11.8 Å². The number of carbonyl (C=O) groups is 2. The lowest BCUT2D eigenvalue weighted by atomic mass is 9.71. The summed E-state index contributed by atoms with van der Waals surface area (Å²) in [5, 5.41) is 10.2. The highest BCUT2D eigenvalue weighted by Crippen LogP contribution is 2.40. The van der Waals surface area contributed by atoms with Gasteiger partial charge in [0.05, 0.1) is 18.8 Å². The monoisotopic (exact) mass is 364 g/mol. The third-order valence-electron chi connectivity index (χ3n) is 5.59. The Bertz CT molecular complexity index is 701. The Kier molecular flexibility index (Phi) is 5.18. The second kappa shape index (κ2) is 7.23. The van der Waals surface area contributed by atoms with Crippen LogP contribution in [0.25, 0.3) is 0 Å². The number of ether oxygens (including phenoxy) is 1. The zero-order chi connectivity index (χ0) is 18.9. The van der Waals surface area contributed by atoms with Crippen molar-refractivity contribution in [3.05, 3.63) is 29.6 Å². The van der Waals surface area contributed by atoms with Crippen molar-refractivity contribution in [3.63, 3.8) is 0 Å². The van der Waals surface area contributed by atoms with E-state index >= 15 is 0 Å². The molecule has 2 heterocycles. The zero-order valence-corrected chi connectivity index (χ0v) is 15.2. The van der Waals surface area contributed by atoms with Gasteiger partial charge >= 0.3 is 0 Å². The van der Waals surface area contributed by atoms with Crippen LogP contribution in [-0.4, -0.2) is 66.1 Å². The van der Waals surface area contributed by atoms with E-state index in [2.05, 4.69) is 0 Å². The molecule has 0 aliphatic carbocycles. The van der Waals surface area contributed by atoms with Crippen LogP contribution in [0.1, 0.15) is 36.5 Å². The van der Waals surface area contributed by atoms with Crippen molar-refractivity contribution in [3.8, 4) is 5.75 Å². The summed E-state index contributed by atoms with van der Waals surface area (Å²) in [6.45, 7) is 3.45. The molecule has 1 aromatic carbocycles. The summed E-state index contributed by atoms with van der Waals surface area (Å²) in [6, 6.07) is 4.14. The minimum Gasteiger partial charge on any atom is -0.497 e. The first-order chi connectivity index (χ1) is 12.3. The largest absolute Gasteiger partial charge is 0.497 e. The van der Waals surface area contributed by atoms with Crippen molar-refractivity contribution in [2.45, 2.75) is 32.3 Å². The SMILES string of the molecule is COc1ccc(F)c(C(=O)N2CCC3(CC2)CC(O)CN(C(C)=O)C3)c1. The van der Waals surface area contributed by atoms with Crippen LogP contribution in [0.4, 0.5) is 4.39 Å². The summed E-state index contributed by atoms with van der Waals surface area (Å²) in [5.74, 6) is -0.515. The Labute approximate surface area is 152 Å². The molecular formula is C19H25FN2O4. The molecule has 1 unspecified atom stereocenters. The highest BCUT2D eigenvalue weighted by atomic mass is 19.1. The number of aliphatic hydroxyl groups is 1. The third-order valence-corrected chi connectivity index (χ3v) is 5.59. The summed E-state index contributed by atoms with van der Waals surface area (Å²) < 4.78 is 19.2. The Morgan fingerprint density at radius 1 is 1.27 bits per heavy atom. The van der Waals surface area contributed by atoms with Crippen molar-refractivity contribution in [2.75, 3.05) is 33.3 Å². The number of benzene rings is 1. The van der Waals surface area contributed by atoms with Gasteiger partial charge in [-0.25, -0.2) is 4.39 Å². The van der Waals surface area contributed by atoms with Gasteiger partial charge < -0.3 is 19.6 Å². The number of likely N-dealkylation sites (tertiary alicyclic amines) is 2. The predicted octanol–water partition coefficient (Wildman–Crippen LogP) is 1.67. The van der Waals surface area contributed by atoms with E-state index in [1.165, 1.54) is 32.2 Å². The summed E-state index contributed by atoms with van der Waals surface area (Å²) in [5.41, 5.74) is -0.165. The first-order valence-corrected chi connectivity index (χ1v) is 8.90. The van der Waals surface area contributed by atoms with Crippen LogP contribution in [-0.2, 0) is 4.79 Å². The zero-order valence-electron chi connectivity index (χ0n) is 15.2. The molecular weight excluding hydrogens is 339 g/mol. The number of halogens is 1. The molecule has 6 nitrogen and oxygen atoms in total. The average molecular weight is 364 g/mol. The predicted molar refractivity (Wildman–Crippen MR) is 93.4 cm³/mol. The van der Waals surface area contributed by atoms with Gasteiger partial charge in [-0.15, -0.1) is 0 Å². The van der Waals surface area contributed by atoms with Gasteiger partial charge in [-0.2, -0.15) is 0 Å². The fraction of sp³-hybridized carbons (Fsp3) is 0.579. The molecule has 1 N–H and O–H groups in total. The summed E-state index contributed by atoms with van der Waals surface area (Å²) in [6.07, 6.45) is 1.47. The Hall–Kier alpha value is -2.15. The fourth-order valence-corrected chi connectivity index (χ4v) is 4.10. The molecule has 7 heteroatoms. The number of methoxy groups -OCH3 is 1. The van der Waals surface area contributed by atoms with Crippen LogP contribution in [0.15, 0.2) is 18.2 Å². The first kappa shape index (κ1) is 18.6. The van der Waals surface area contributed by atoms with Gasteiger partial charge in [0.2, 0.25) is 5.91 Å². The van der Waals surface area contributed by atoms with E-state index in [1.807, 2.05) is 0 Å². The van der Waals surface area contributed by atoms with Crippen LogP contribution in [0.5, 0.6) is 5.75 Å². The quantitative estimate of drug-likeness (QED) is 0.867. The molecule has 0 bridgehead atoms. The smallest absolute Gasteiger partial charge is 0.256 e. The van der Waals surface area contributed by atoms with Crippen LogP contribution in [0, 0.1) is 11.2 Å². The van der Waals surface area contributed by atoms with Gasteiger partial charge in [0, 0.05) is 33.1 Å². The standard InChI is InChI=1S/C19H25FN2O4/c1-13(23)22-11-14(24)10-19(12-22)5-7-21(8-6-19)18(25)16-9-15(26-2)3-4-17(16)20/h3-4,9,14,24H,5-8,10-12H2,1-2H3. The van der Waals surface area contributed by atoms with E-state index in [4.69, 9.17) is 4.74 Å². The molecule has 2 saturated heterocycles. The van der Waals surface area contributed by atoms with Gasteiger partial charge in [-0.3, -0.25) is 9.59 Å². The maximum atomic E-state index is 14.1. The molecule has 2 fully saturated rings. The normalized spacial score (nSPS) is 22.4. The molecule has 26 heavy (non-hydrogen) atoms. The van der Waals surface area contributed by atoms with Crippen LogP contribution < -0.4 is 4.74 Å². The number of hydrogen-bond donors (Lipinski definition) is 1. The Balaban J connectivity index is 1.70. The van der Waals surface area contributed by atoms with Gasteiger partial charge in [-0.1, -0.05) is 0 Å². The van der Waals surface area contributed by atoms with E-state index in [-0.39, 0.29) is 22.8 Å². The molecule has 1 aromatic rings. The number of carbonyl (C=O) groups excluding carboxylic acids is 2. The molecule has 0 saturated carbocycles. The molecule has 1 spiro atoms. The number of aliphatic hydroxyl groups excluding tert-OH is 1. The van der Waals surface area contributed by atoms with E-state index < -0.39 is 11.9 Å². The number of rotatable bonds is 2. The minimum atomic E-state index is -0.563. The molecule has 1 atom stereocenters. The fourth-order valence-electron chi connectivity index (χ4n) is 4.10. The lowest BCUT2D eigenvalue weighted by Crippen LogP contribution is -2.55. The number of hydrogen-bond acceptors (Lipinski definition) is 4. The van der Waals surface area contributed by atoms with Crippen LogP contribution >= 0.6 is 0 Å². The van der Waals surface area contributed by atoms with Crippen LogP contribution in [0.3, 0.4) is 0 Å². The molecule has 2 aliphatic heterocycles. The molecule has 3 rings (SSSR count). The van der Waals surface area contributed by atoms with E-state index in [1.54, 1.807) is 9.80 Å². The highest BCUT2D eigenvalue weighted by Gasteiger charge is 2.43. The Morgan fingerprint density at radius 3 is 2.58 bits per heavy atom. The maximum Gasteiger partial charge on any atom is 0.256 e. The number of amides is 2. The first-order valence-electron chi connectivity index (χ1n) is 8.90. The third kappa shape index (κ3) is 3.67. The van der Waals surface area contributed by atoms with Gasteiger partial charge in [0.1, 0.15) is 11.6 Å². The van der Waals surface area contributed by atoms with Crippen molar-refractivity contribution in [2.24, 2.45) is 5.41 Å². The minimum absolute atomic E-state index is 0.00865. The van der Waals surface area contributed by atoms with Crippen molar-refractivity contribution in [1.82, 2.24) is 9.80 Å². The Morgan fingerprint density at radius 2 is 1.96 bits per heavy atom. The number of nitrogens with zero attached hydrogens (tertiary/aromatic N) is 2.